The Kier molecular flexibility index (Phi) is 3.79. The van der Waals surface area contributed by atoms with Gasteiger partial charge in [0.25, 0.3) is 0 Å². The number of rotatable bonds is 3. The number of aliphatic carboxylic acids is 1. The van der Waals surface area contributed by atoms with Gasteiger partial charge in [0, 0.05) is 22.2 Å². The topological polar surface area (TPSA) is 89.3 Å². The van der Waals surface area contributed by atoms with Gasteiger partial charge in [-0.1, -0.05) is 23.2 Å². The number of anilines is 1. The highest BCUT2D eigenvalue weighted by Crippen LogP contribution is 2.28. The third-order valence-electron chi connectivity index (χ3n) is 1.90. The van der Waals surface area contributed by atoms with Crippen LogP contribution in [0.4, 0.5) is 5.69 Å². The highest BCUT2D eigenvalue weighted by Gasteiger charge is 2.16. The molecule has 6 heteroatoms. The fourth-order valence-electron chi connectivity index (χ4n) is 1.12. The molecule has 0 bridgehead atoms. The highest BCUT2D eigenvalue weighted by molar-refractivity contribution is 6.36. The van der Waals surface area contributed by atoms with Crippen molar-refractivity contribution in [2.24, 2.45) is 5.73 Å². The van der Waals surface area contributed by atoms with Crippen LogP contribution in [-0.2, 0) is 11.2 Å². The van der Waals surface area contributed by atoms with Crippen LogP contribution in [0.1, 0.15) is 5.56 Å². The predicted octanol–water partition coefficient (Wildman–Crippen LogP) is 1.53. The second kappa shape index (κ2) is 4.70. The first-order valence-electron chi connectivity index (χ1n) is 4.13. The molecule has 0 radical (unpaired) electrons. The van der Waals surface area contributed by atoms with E-state index in [1.807, 2.05) is 0 Å². The first-order chi connectivity index (χ1) is 6.91. The summed E-state index contributed by atoms with van der Waals surface area (Å²) in [7, 11) is 0. The van der Waals surface area contributed by atoms with Crippen molar-refractivity contribution < 1.29 is 9.90 Å². The van der Waals surface area contributed by atoms with Crippen LogP contribution in [0.25, 0.3) is 0 Å². The van der Waals surface area contributed by atoms with Crippen molar-refractivity contribution in [3.8, 4) is 0 Å². The summed E-state index contributed by atoms with van der Waals surface area (Å²) in [6.07, 6.45) is 0.0767. The molecule has 1 unspecified atom stereocenters. The average Bonchev–Trinajstić information content (AvgIpc) is 2.10. The van der Waals surface area contributed by atoms with Crippen LogP contribution in [0.3, 0.4) is 0 Å². The number of carboxylic acid groups (broad SMARTS) is 1. The van der Waals surface area contributed by atoms with Gasteiger partial charge in [0.05, 0.1) is 0 Å². The van der Waals surface area contributed by atoms with E-state index in [1.165, 1.54) is 12.1 Å². The summed E-state index contributed by atoms with van der Waals surface area (Å²) in [5.74, 6) is -1.10. The van der Waals surface area contributed by atoms with Crippen molar-refractivity contribution in [2.45, 2.75) is 12.5 Å². The Morgan fingerprint density at radius 3 is 2.27 bits per heavy atom. The van der Waals surface area contributed by atoms with Gasteiger partial charge in [-0.05, 0) is 17.7 Å². The largest absolute Gasteiger partial charge is 0.480 e. The summed E-state index contributed by atoms with van der Waals surface area (Å²) in [6, 6.07) is 2.00. The van der Waals surface area contributed by atoms with Gasteiger partial charge in [0.1, 0.15) is 6.04 Å². The molecular formula is C9H10Cl2N2O2. The molecule has 15 heavy (non-hydrogen) atoms. The van der Waals surface area contributed by atoms with Crippen LogP contribution in [0.15, 0.2) is 12.1 Å². The lowest BCUT2D eigenvalue weighted by Gasteiger charge is -2.10. The minimum absolute atomic E-state index is 0.0767. The van der Waals surface area contributed by atoms with E-state index < -0.39 is 12.0 Å². The van der Waals surface area contributed by atoms with E-state index in [2.05, 4.69) is 0 Å². The Bertz CT molecular complexity index is 373. The highest BCUT2D eigenvalue weighted by atomic mass is 35.5. The van der Waals surface area contributed by atoms with E-state index >= 15 is 0 Å². The van der Waals surface area contributed by atoms with Crippen LogP contribution < -0.4 is 11.5 Å². The van der Waals surface area contributed by atoms with Gasteiger partial charge in [-0.3, -0.25) is 4.79 Å². The Hall–Kier alpha value is -0.970. The molecule has 0 aromatic heterocycles. The third-order valence-corrected chi connectivity index (χ3v) is 2.58. The smallest absolute Gasteiger partial charge is 0.320 e. The lowest BCUT2D eigenvalue weighted by molar-refractivity contribution is -0.138. The summed E-state index contributed by atoms with van der Waals surface area (Å²) >= 11 is 11.7. The summed E-state index contributed by atoms with van der Waals surface area (Å²) in [5.41, 5.74) is 11.8. The second-order valence-corrected chi connectivity index (χ2v) is 3.93. The number of carbonyl (C=O) groups is 1. The molecule has 0 heterocycles. The molecule has 0 spiro atoms. The summed E-state index contributed by atoms with van der Waals surface area (Å²) in [5, 5.41) is 9.30. The molecule has 1 rings (SSSR count). The van der Waals surface area contributed by atoms with Gasteiger partial charge in [0.15, 0.2) is 0 Å². The number of hydrogen-bond acceptors (Lipinski definition) is 3. The molecular weight excluding hydrogens is 239 g/mol. The van der Waals surface area contributed by atoms with Gasteiger partial charge in [-0.25, -0.2) is 0 Å². The summed E-state index contributed by atoms with van der Waals surface area (Å²) in [4.78, 5) is 10.6. The molecule has 0 fully saturated rings. The summed E-state index contributed by atoms with van der Waals surface area (Å²) < 4.78 is 0. The number of hydrogen-bond donors (Lipinski definition) is 3. The van der Waals surface area contributed by atoms with Gasteiger partial charge >= 0.3 is 5.97 Å². The zero-order valence-corrected chi connectivity index (χ0v) is 9.22. The fourth-order valence-corrected chi connectivity index (χ4v) is 1.78. The Balaban J connectivity index is 3.00. The predicted molar refractivity (Wildman–Crippen MR) is 60.2 cm³/mol. The van der Waals surface area contributed by atoms with E-state index in [0.717, 1.165) is 0 Å². The molecule has 82 valence electrons. The summed E-state index contributed by atoms with van der Waals surface area (Å²) in [6.45, 7) is 0. The van der Waals surface area contributed by atoms with Crippen LogP contribution in [-0.4, -0.2) is 17.1 Å². The van der Waals surface area contributed by atoms with Crippen molar-refractivity contribution in [3.05, 3.63) is 27.7 Å². The monoisotopic (exact) mass is 248 g/mol. The maximum Gasteiger partial charge on any atom is 0.320 e. The molecule has 0 aliphatic heterocycles. The average molecular weight is 249 g/mol. The van der Waals surface area contributed by atoms with Gasteiger partial charge in [-0.15, -0.1) is 0 Å². The van der Waals surface area contributed by atoms with Crippen molar-refractivity contribution >= 4 is 34.9 Å². The lowest BCUT2D eigenvalue weighted by Crippen LogP contribution is -2.32. The van der Waals surface area contributed by atoms with Gasteiger partial charge in [-0.2, -0.15) is 0 Å². The third kappa shape index (κ3) is 2.99. The minimum Gasteiger partial charge on any atom is -0.480 e. The minimum atomic E-state index is -1.10. The van der Waals surface area contributed by atoms with E-state index in [0.29, 0.717) is 21.3 Å². The fraction of sp³-hybridized carbons (Fsp3) is 0.222. The van der Waals surface area contributed by atoms with Crippen LogP contribution >= 0.6 is 23.2 Å². The molecule has 5 N–H and O–H groups in total. The molecule has 1 aromatic rings. The lowest BCUT2D eigenvalue weighted by atomic mass is 10.1. The van der Waals surface area contributed by atoms with E-state index in [9.17, 15) is 4.79 Å². The van der Waals surface area contributed by atoms with Gasteiger partial charge < -0.3 is 16.6 Å². The molecule has 0 aliphatic rings. The normalized spacial score (nSPS) is 12.5. The second-order valence-electron chi connectivity index (χ2n) is 3.11. The first kappa shape index (κ1) is 12.1. The Labute approximate surface area is 96.8 Å². The first-order valence-corrected chi connectivity index (χ1v) is 4.89. The van der Waals surface area contributed by atoms with Crippen molar-refractivity contribution in [1.82, 2.24) is 0 Å². The molecule has 1 aromatic carbocycles. The number of benzene rings is 1. The molecule has 0 saturated carbocycles. The molecule has 0 saturated heterocycles. The zero-order chi connectivity index (χ0) is 11.6. The number of nitrogen functional groups attached to an aromatic ring is 1. The number of nitrogens with two attached hydrogens (primary N) is 2. The molecule has 4 nitrogen and oxygen atoms in total. The van der Waals surface area contributed by atoms with Crippen LogP contribution in [0, 0.1) is 0 Å². The van der Waals surface area contributed by atoms with E-state index in [-0.39, 0.29) is 6.42 Å². The van der Waals surface area contributed by atoms with E-state index in [4.69, 9.17) is 39.8 Å². The molecule has 1 atom stereocenters. The maximum absolute atomic E-state index is 10.6. The Morgan fingerprint density at radius 1 is 1.40 bits per heavy atom. The van der Waals surface area contributed by atoms with E-state index in [1.54, 1.807) is 0 Å². The van der Waals surface area contributed by atoms with Crippen molar-refractivity contribution in [2.75, 3.05) is 5.73 Å². The van der Waals surface area contributed by atoms with Crippen LogP contribution in [0.2, 0.25) is 10.0 Å². The standard InChI is InChI=1S/C9H10Cl2N2O2/c10-6-1-4(12)2-7(11)5(6)3-8(13)9(14)15/h1-2,8H,3,12-13H2,(H,14,15). The quantitative estimate of drug-likeness (QED) is 0.708. The van der Waals surface area contributed by atoms with Gasteiger partial charge in [0.2, 0.25) is 0 Å². The molecule has 0 amide bonds. The Morgan fingerprint density at radius 2 is 1.87 bits per heavy atom. The van der Waals surface area contributed by atoms with Crippen molar-refractivity contribution in [1.29, 1.82) is 0 Å². The van der Waals surface area contributed by atoms with Crippen LogP contribution in [0.5, 0.6) is 0 Å². The molecule has 0 aliphatic carbocycles. The number of carboxylic acids is 1. The SMILES string of the molecule is Nc1cc(Cl)c(CC(N)C(=O)O)c(Cl)c1. The maximum atomic E-state index is 10.6. The number of halogens is 2. The zero-order valence-electron chi connectivity index (χ0n) is 7.71. The van der Waals surface area contributed by atoms with Crippen molar-refractivity contribution in [3.63, 3.8) is 0 Å².